The highest BCUT2D eigenvalue weighted by Gasteiger charge is 2.03. The van der Waals surface area contributed by atoms with Crippen LogP contribution in [0.5, 0.6) is 0 Å². The summed E-state index contributed by atoms with van der Waals surface area (Å²) in [6.45, 7) is 2.48. The van der Waals surface area contributed by atoms with Crippen LogP contribution < -0.4 is 5.32 Å². The summed E-state index contributed by atoms with van der Waals surface area (Å²) in [5.74, 6) is 1.06. The van der Waals surface area contributed by atoms with Gasteiger partial charge in [-0.15, -0.1) is 0 Å². The third-order valence-electron chi connectivity index (χ3n) is 2.04. The molecule has 1 N–H and O–H groups in total. The van der Waals surface area contributed by atoms with Gasteiger partial charge in [-0.25, -0.2) is 0 Å². The molecular formula is C11H13NO. The molecule has 68 valence electrons. The van der Waals surface area contributed by atoms with Gasteiger partial charge >= 0.3 is 0 Å². The molecule has 13 heavy (non-hydrogen) atoms. The number of hydrogen-bond donors (Lipinski definition) is 1. The Morgan fingerprint density at radius 3 is 2.77 bits per heavy atom. The van der Waals surface area contributed by atoms with Crippen molar-refractivity contribution in [2.45, 2.75) is 6.61 Å². The summed E-state index contributed by atoms with van der Waals surface area (Å²) in [6, 6.07) is 10.2. The van der Waals surface area contributed by atoms with Crippen LogP contribution in [-0.2, 0) is 11.3 Å². The van der Waals surface area contributed by atoms with E-state index in [0.29, 0.717) is 6.61 Å². The Hall–Kier alpha value is -1.28. The molecule has 0 saturated carbocycles. The number of hydrogen-bond acceptors (Lipinski definition) is 2. The molecule has 0 amide bonds. The monoisotopic (exact) mass is 175 g/mol. The standard InChI is InChI=1S/C11H13NO/c1-2-4-10(5-3-1)9-13-11-6-7-12-8-11/h1-6,12H,7-9H2. The second-order valence-electron chi connectivity index (χ2n) is 3.08. The molecule has 0 unspecified atom stereocenters. The number of benzene rings is 1. The minimum atomic E-state index is 0.675. The predicted octanol–water partition coefficient (Wildman–Crippen LogP) is 1.69. The first kappa shape index (κ1) is 8.32. The van der Waals surface area contributed by atoms with E-state index in [-0.39, 0.29) is 0 Å². The minimum absolute atomic E-state index is 0.675. The highest BCUT2D eigenvalue weighted by Crippen LogP contribution is 2.06. The van der Waals surface area contributed by atoms with Gasteiger partial charge in [0, 0.05) is 6.54 Å². The fraction of sp³-hybridized carbons (Fsp3) is 0.273. The van der Waals surface area contributed by atoms with Gasteiger partial charge in [0.05, 0.1) is 6.54 Å². The molecule has 0 aromatic heterocycles. The molecule has 0 radical (unpaired) electrons. The molecule has 2 rings (SSSR count). The van der Waals surface area contributed by atoms with Crippen LogP contribution in [0.15, 0.2) is 42.2 Å². The summed E-state index contributed by atoms with van der Waals surface area (Å²) < 4.78 is 5.59. The average Bonchev–Trinajstić information content (AvgIpc) is 2.69. The molecule has 1 aromatic carbocycles. The zero-order valence-electron chi connectivity index (χ0n) is 7.49. The van der Waals surface area contributed by atoms with Crippen molar-refractivity contribution < 1.29 is 4.74 Å². The lowest BCUT2D eigenvalue weighted by molar-refractivity contribution is 0.197. The van der Waals surface area contributed by atoms with E-state index in [1.807, 2.05) is 18.2 Å². The molecule has 1 aliphatic heterocycles. The summed E-state index contributed by atoms with van der Waals surface area (Å²) in [6.07, 6.45) is 2.09. The van der Waals surface area contributed by atoms with E-state index in [0.717, 1.165) is 18.8 Å². The molecular weight excluding hydrogens is 162 g/mol. The van der Waals surface area contributed by atoms with Gasteiger partial charge in [-0.2, -0.15) is 0 Å². The number of nitrogens with one attached hydrogen (secondary N) is 1. The fourth-order valence-corrected chi connectivity index (χ4v) is 1.31. The molecule has 0 fully saturated rings. The summed E-state index contributed by atoms with van der Waals surface area (Å²) in [5, 5.41) is 3.19. The van der Waals surface area contributed by atoms with E-state index < -0.39 is 0 Å². The lowest BCUT2D eigenvalue weighted by Gasteiger charge is -2.05. The van der Waals surface area contributed by atoms with Crippen molar-refractivity contribution in [2.24, 2.45) is 0 Å². The average molecular weight is 175 g/mol. The normalized spacial score (nSPS) is 15.5. The summed E-state index contributed by atoms with van der Waals surface area (Å²) in [7, 11) is 0. The Balaban J connectivity index is 1.86. The van der Waals surface area contributed by atoms with Crippen molar-refractivity contribution in [3.05, 3.63) is 47.7 Å². The second-order valence-corrected chi connectivity index (χ2v) is 3.08. The Bertz CT molecular complexity index is 292. The topological polar surface area (TPSA) is 21.3 Å². The zero-order chi connectivity index (χ0) is 8.93. The first-order chi connectivity index (χ1) is 6.45. The summed E-state index contributed by atoms with van der Waals surface area (Å²) in [4.78, 5) is 0. The zero-order valence-corrected chi connectivity index (χ0v) is 7.49. The van der Waals surface area contributed by atoms with Crippen molar-refractivity contribution in [3.63, 3.8) is 0 Å². The van der Waals surface area contributed by atoms with Crippen molar-refractivity contribution in [1.29, 1.82) is 0 Å². The Labute approximate surface area is 78.2 Å². The SMILES string of the molecule is C1=C(OCc2ccccc2)CNC1. The second kappa shape index (κ2) is 4.10. The third kappa shape index (κ3) is 2.33. The van der Waals surface area contributed by atoms with Gasteiger partial charge in [-0.1, -0.05) is 30.3 Å². The van der Waals surface area contributed by atoms with Crippen LogP contribution in [-0.4, -0.2) is 13.1 Å². The highest BCUT2D eigenvalue weighted by atomic mass is 16.5. The van der Waals surface area contributed by atoms with Crippen molar-refractivity contribution in [1.82, 2.24) is 5.32 Å². The quantitative estimate of drug-likeness (QED) is 0.754. The van der Waals surface area contributed by atoms with E-state index >= 15 is 0 Å². The Morgan fingerprint density at radius 1 is 1.23 bits per heavy atom. The lowest BCUT2D eigenvalue weighted by atomic mass is 10.2. The molecule has 2 heteroatoms. The first-order valence-corrected chi connectivity index (χ1v) is 4.51. The maximum atomic E-state index is 5.59. The van der Waals surface area contributed by atoms with Gasteiger partial charge in [0.1, 0.15) is 12.4 Å². The van der Waals surface area contributed by atoms with Gasteiger partial charge in [0.15, 0.2) is 0 Å². The molecule has 1 aliphatic rings. The van der Waals surface area contributed by atoms with E-state index in [2.05, 4.69) is 23.5 Å². The van der Waals surface area contributed by atoms with Gasteiger partial charge in [0.2, 0.25) is 0 Å². The lowest BCUT2D eigenvalue weighted by Crippen LogP contribution is -2.09. The van der Waals surface area contributed by atoms with Gasteiger partial charge in [-0.3, -0.25) is 0 Å². The van der Waals surface area contributed by atoms with E-state index in [4.69, 9.17) is 4.74 Å². The first-order valence-electron chi connectivity index (χ1n) is 4.51. The van der Waals surface area contributed by atoms with Crippen LogP contribution in [0.1, 0.15) is 5.56 Å². The van der Waals surface area contributed by atoms with Crippen LogP contribution in [0.3, 0.4) is 0 Å². The molecule has 1 aromatic rings. The number of rotatable bonds is 3. The maximum absolute atomic E-state index is 5.59. The molecule has 0 spiro atoms. The van der Waals surface area contributed by atoms with Gasteiger partial charge in [0.25, 0.3) is 0 Å². The minimum Gasteiger partial charge on any atom is -0.492 e. The molecule has 0 atom stereocenters. The molecule has 0 aliphatic carbocycles. The molecule has 0 saturated heterocycles. The number of ether oxygens (including phenoxy) is 1. The van der Waals surface area contributed by atoms with Crippen LogP contribution in [0.2, 0.25) is 0 Å². The van der Waals surface area contributed by atoms with Crippen molar-refractivity contribution >= 4 is 0 Å². The largest absolute Gasteiger partial charge is 0.492 e. The van der Waals surface area contributed by atoms with Gasteiger partial charge in [-0.05, 0) is 11.6 Å². The summed E-state index contributed by atoms with van der Waals surface area (Å²) >= 11 is 0. The Morgan fingerprint density at radius 2 is 2.08 bits per heavy atom. The smallest absolute Gasteiger partial charge is 0.113 e. The fourth-order valence-electron chi connectivity index (χ4n) is 1.31. The van der Waals surface area contributed by atoms with Gasteiger partial charge < -0.3 is 10.1 Å². The molecule has 2 nitrogen and oxygen atoms in total. The molecule has 1 heterocycles. The van der Waals surface area contributed by atoms with Crippen molar-refractivity contribution in [2.75, 3.05) is 13.1 Å². The van der Waals surface area contributed by atoms with Crippen LogP contribution in [0.25, 0.3) is 0 Å². The van der Waals surface area contributed by atoms with E-state index in [9.17, 15) is 0 Å². The van der Waals surface area contributed by atoms with Crippen LogP contribution in [0, 0.1) is 0 Å². The Kier molecular flexibility index (Phi) is 2.62. The van der Waals surface area contributed by atoms with Crippen molar-refractivity contribution in [3.8, 4) is 0 Å². The predicted molar refractivity (Wildman–Crippen MR) is 52.2 cm³/mol. The summed E-state index contributed by atoms with van der Waals surface area (Å²) in [5.41, 5.74) is 1.22. The van der Waals surface area contributed by atoms with E-state index in [1.165, 1.54) is 5.56 Å². The molecule has 0 bridgehead atoms. The highest BCUT2D eigenvalue weighted by molar-refractivity contribution is 5.14. The van der Waals surface area contributed by atoms with Crippen LogP contribution in [0.4, 0.5) is 0 Å². The maximum Gasteiger partial charge on any atom is 0.113 e. The van der Waals surface area contributed by atoms with Crippen LogP contribution >= 0.6 is 0 Å². The third-order valence-corrected chi connectivity index (χ3v) is 2.04. The van der Waals surface area contributed by atoms with E-state index in [1.54, 1.807) is 0 Å².